The zero-order valence-electron chi connectivity index (χ0n) is 11.8. The molecule has 2 aromatic rings. The van der Waals surface area contributed by atoms with E-state index in [1.165, 1.54) is 0 Å². The van der Waals surface area contributed by atoms with Gasteiger partial charge in [-0.3, -0.25) is 9.59 Å². The third-order valence-electron chi connectivity index (χ3n) is 3.02. The molecule has 106 valence electrons. The third-order valence-corrected chi connectivity index (χ3v) is 3.02. The van der Waals surface area contributed by atoms with Crippen LogP contribution in [0.5, 0.6) is 0 Å². The van der Waals surface area contributed by atoms with E-state index in [0.717, 1.165) is 5.52 Å². The van der Waals surface area contributed by atoms with Gasteiger partial charge in [0.2, 0.25) is 0 Å². The Bertz CT molecular complexity index is 567. The van der Waals surface area contributed by atoms with Gasteiger partial charge in [0.1, 0.15) is 17.1 Å². The molecule has 0 spiro atoms. The molecule has 1 aromatic heterocycles. The van der Waals surface area contributed by atoms with Crippen molar-refractivity contribution >= 4 is 28.7 Å². The minimum atomic E-state index is 0.105. The summed E-state index contributed by atoms with van der Waals surface area (Å²) in [6.07, 6.45) is 0.827. The number of aromatic nitrogens is 1. The van der Waals surface area contributed by atoms with Gasteiger partial charge in [-0.25, -0.2) is 0 Å². The summed E-state index contributed by atoms with van der Waals surface area (Å²) >= 11 is 0. The Kier molecular flexibility index (Phi) is 4.50. The fraction of sp³-hybridized carbons (Fsp3) is 0.400. The number of hydrogen-bond acceptors (Lipinski definition) is 5. The molecule has 20 heavy (non-hydrogen) atoms. The second-order valence-corrected chi connectivity index (χ2v) is 4.86. The Morgan fingerprint density at radius 3 is 2.25 bits per heavy atom. The van der Waals surface area contributed by atoms with E-state index in [1.807, 2.05) is 29.2 Å². The number of ketones is 2. The van der Waals surface area contributed by atoms with Crippen molar-refractivity contribution in [2.45, 2.75) is 26.7 Å². The lowest BCUT2D eigenvalue weighted by molar-refractivity contribution is -0.117. The van der Waals surface area contributed by atoms with Gasteiger partial charge in [-0.1, -0.05) is 12.1 Å². The van der Waals surface area contributed by atoms with Crippen LogP contribution >= 0.6 is 0 Å². The maximum atomic E-state index is 11.1. The van der Waals surface area contributed by atoms with E-state index >= 15 is 0 Å². The first-order chi connectivity index (χ1) is 9.56. The van der Waals surface area contributed by atoms with Crippen LogP contribution in [-0.2, 0) is 9.59 Å². The molecular formula is C15H18N2O3. The van der Waals surface area contributed by atoms with Crippen LogP contribution in [0.15, 0.2) is 28.7 Å². The quantitative estimate of drug-likeness (QED) is 0.776. The van der Waals surface area contributed by atoms with Crippen molar-refractivity contribution in [1.82, 2.24) is 4.98 Å². The van der Waals surface area contributed by atoms with Crippen LogP contribution in [0.3, 0.4) is 0 Å². The van der Waals surface area contributed by atoms with Crippen LogP contribution in [0.1, 0.15) is 26.7 Å². The van der Waals surface area contributed by atoms with Gasteiger partial charge >= 0.3 is 0 Å². The summed E-state index contributed by atoms with van der Waals surface area (Å²) in [5.41, 5.74) is 1.48. The van der Waals surface area contributed by atoms with Gasteiger partial charge in [-0.05, 0) is 26.0 Å². The fourth-order valence-electron chi connectivity index (χ4n) is 1.88. The van der Waals surface area contributed by atoms with Crippen molar-refractivity contribution in [2.75, 3.05) is 18.0 Å². The van der Waals surface area contributed by atoms with Gasteiger partial charge in [-0.15, -0.1) is 0 Å². The zero-order chi connectivity index (χ0) is 14.5. The first-order valence-electron chi connectivity index (χ1n) is 6.65. The van der Waals surface area contributed by atoms with Crippen molar-refractivity contribution in [3.05, 3.63) is 24.3 Å². The maximum absolute atomic E-state index is 11.1. The molecule has 0 aliphatic rings. The minimum Gasteiger partial charge on any atom is -0.423 e. The fourth-order valence-corrected chi connectivity index (χ4v) is 1.88. The molecule has 0 unspecified atom stereocenters. The maximum Gasteiger partial charge on any atom is 0.298 e. The van der Waals surface area contributed by atoms with E-state index in [0.29, 0.717) is 37.5 Å². The summed E-state index contributed by atoms with van der Waals surface area (Å²) in [4.78, 5) is 28.5. The number of fused-ring (bicyclic) bond motifs is 1. The molecule has 0 fully saturated rings. The summed E-state index contributed by atoms with van der Waals surface area (Å²) in [5, 5.41) is 0. The largest absolute Gasteiger partial charge is 0.423 e. The van der Waals surface area contributed by atoms with E-state index in [9.17, 15) is 9.59 Å². The number of nitrogens with zero attached hydrogens (tertiary/aromatic N) is 2. The van der Waals surface area contributed by atoms with Crippen molar-refractivity contribution in [1.29, 1.82) is 0 Å². The van der Waals surface area contributed by atoms with Crippen LogP contribution in [0, 0.1) is 0 Å². The van der Waals surface area contributed by atoms with Crippen LogP contribution in [-0.4, -0.2) is 29.6 Å². The number of Topliss-reactive ketones (excluding diaryl/α,β-unsaturated/α-hetero) is 2. The number of hydrogen-bond donors (Lipinski definition) is 0. The standard InChI is InChI=1S/C15H18N2O3/c1-11(18)7-9-17(10-8-12(2)19)15-16-13-5-3-4-6-14(13)20-15/h3-6H,7-10H2,1-2H3. The first kappa shape index (κ1) is 14.2. The predicted molar refractivity (Wildman–Crippen MR) is 76.8 cm³/mol. The average Bonchev–Trinajstić information content (AvgIpc) is 2.81. The lowest BCUT2D eigenvalue weighted by Gasteiger charge is -2.19. The van der Waals surface area contributed by atoms with E-state index in [2.05, 4.69) is 4.98 Å². The highest BCUT2D eigenvalue weighted by atomic mass is 16.4. The summed E-state index contributed by atoms with van der Waals surface area (Å²) < 4.78 is 5.69. The topological polar surface area (TPSA) is 63.4 Å². The molecule has 1 aromatic carbocycles. The van der Waals surface area contributed by atoms with E-state index in [-0.39, 0.29) is 11.6 Å². The minimum absolute atomic E-state index is 0.105. The first-order valence-corrected chi connectivity index (χ1v) is 6.65. The molecule has 5 nitrogen and oxygen atoms in total. The smallest absolute Gasteiger partial charge is 0.298 e. The highest BCUT2D eigenvalue weighted by molar-refractivity contribution is 5.78. The summed E-state index contributed by atoms with van der Waals surface area (Å²) in [6.45, 7) is 4.12. The van der Waals surface area contributed by atoms with Gasteiger partial charge in [0.25, 0.3) is 6.01 Å². The summed E-state index contributed by atoms with van der Waals surface area (Å²) in [7, 11) is 0. The molecule has 0 saturated heterocycles. The number of carbonyl (C=O) groups is 2. The summed E-state index contributed by atoms with van der Waals surface area (Å²) in [6, 6.07) is 7.96. The summed E-state index contributed by atoms with van der Waals surface area (Å²) in [5.74, 6) is 0.211. The van der Waals surface area contributed by atoms with Crippen LogP contribution < -0.4 is 4.90 Å². The number of carbonyl (C=O) groups excluding carboxylic acids is 2. The average molecular weight is 274 g/mol. The molecule has 1 heterocycles. The van der Waals surface area contributed by atoms with Crippen molar-refractivity contribution in [3.63, 3.8) is 0 Å². The number of para-hydroxylation sites is 2. The van der Waals surface area contributed by atoms with Crippen LogP contribution in [0.25, 0.3) is 11.1 Å². The lowest BCUT2D eigenvalue weighted by atomic mass is 10.2. The van der Waals surface area contributed by atoms with Gasteiger partial charge in [-0.2, -0.15) is 4.98 Å². The van der Waals surface area contributed by atoms with Gasteiger partial charge in [0, 0.05) is 25.9 Å². The number of rotatable bonds is 7. The number of anilines is 1. The predicted octanol–water partition coefficient (Wildman–Crippen LogP) is 2.59. The third kappa shape index (κ3) is 3.66. The number of benzene rings is 1. The molecule has 0 saturated carbocycles. The van der Waals surface area contributed by atoms with E-state index in [4.69, 9.17) is 4.42 Å². The molecule has 0 aliphatic carbocycles. The highest BCUT2D eigenvalue weighted by Gasteiger charge is 2.15. The SMILES string of the molecule is CC(=O)CCN(CCC(C)=O)c1nc2ccccc2o1. The number of oxazole rings is 1. The van der Waals surface area contributed by atoms with Gasteiger partial charge < -0.3 is 9.32 Å². The molecule has 0 N–H and O–H groups in total. The highest BCUT2D eigenvalue weighted by Crippen LogP contribution is 2.22. The second kappa shape index (κ2) is 6.32. The van der Waals surface area contributed by atoms with Gasteiger partial charge in [0.05, 0.1) is 0 Å². The lowest BCUT2D eigenvalue weighted by Crippen LogP contribution is -2.28. The van der Waals surface area contributed by atoms with E-state index < -0.39 is 0 Å². The molecule has 5 heteroatoms. The zero-order valence-corrected chi connectivity index (χ0v) is 11.8. The van der Waals surface area contributed by atoms with Gasteiger partial charge in [0.15, 0.2) is 5.58 Å². The van der Waals surface area contributed by atoms with Crippen molar-refractivity contribution < 1.29 is 14.0 Å². The van der Waals surface area contributed by atoms with Crippen LogP contribution in [0.2, 0.25) is 0 Å². The van der Waals surface area contributed by atoms with E-state index in [1.54, 1.807) is 13.8 Å². The Labute approximate surface area is 117 Å². The Morgan fingerprint density at radius 1 is 1.10 bits per heavy atom. The Hall–Kier alpha value is -2.17. The molecule has 0 atom stereocenters. The Morgan fingerprint density at radius 2 is 1.70 bits per heavy atom. The molecule has 0 radical (unpaired) electrons. The normalized spacial score (nSPS) is 10.7. The molecule has 0 bridgehead atoms. The second-order valence-electron chi connectivity index (χ2n) is 4.86. The monoisotopic (exact) mass is 274 g/mol. The molecule has 0 amide bonds. The molecule has 0 aliphatic heterocycles. The van der Waals surface area contributed by atoms with Crippen molar-refractivity contribution in [2.24, 2.45) is 0 Å². The van der Waals surface area contributed by atoms with Crippen LogP contribution in [0.4, 0.5) is 6.01 Å². The Balaban J connectivity index is 2.19. The molecular weight excluding hydrogens is 256 g/mol. The van der Waals surface area contributed by atoms with Crippen molar-refractivity contribution in [3.8, 4) is 0 Å². The molecule has 2 rings (SSSR count).